The molecule has 1 aromatic rings. The molecule has 82 valence electrons. The van der Waals surface area contributed by atoms with Crippen LogP contribution in [0.1, 0.15) is 13.8 Å². The van der Waals surface area contributed by atoms with Gasteiger partial charge in [0.2, 0.25) is 0 Å². The fourth-order valence-electron chi connectivity index (χ4n) is 1.28. The summed E-state index contributed by atoms with van der Waals surface area (Å²) in [6.07, 6.45) is -1.20. The zero-order valence-corrected chi connectivity index (χ0v) is 9.12. The fraction of sp³-hybridized carbons (Fsp3) is 0.300. The van der Waals surface area contributed by atoms with Crippen LogP contribution in [-0.4, -0.2) is 17.2 Å². The van der Waals surface area contributed by atoms with E-state index in [2.05, 4.69) is 0 Å². The Hall–Kier alpha value is -1.29. The summed E-state index contributed by atoms with van der Waals surface area (Å²) in [4.78, 5) is 11.9. The molecule has 0 unspecified atom stereocenters. The van der Waals surface area contributed by atoms with Crippen molar-refractivity contribution >= 4 is 23.4 Å². The van der Waals surface area contributed by atoms with Gasteiger partial charge in [-0.3, -0.25) is 4.90 Å². The van der Waals surface area contributed by atoms with Crippen molar-refractivity contribution in [2.24, 2.45) is 0 Å². The van der Waals surface area contributed by atoms with Gasteiger partial charge in [0, 0.05) is 6.04 Å². The molecular weight excluding hydrogens is 221 g/mol. The van der Waals surface area contributed by atoms with E-state index in [0.29, 0.717) is 0 Å². The van der Waals surface area contributed by atoms with Crippen molar-refractivity contribution in [1.29, 1.82) is 0 Å². The molecule has 0 radical (unpaired) electrons. The predicted molar refractivity (Wildman–Crippen MR) is 57.0 cm³/mol. The van der Waals surface area contributed by atoms with Crippen LogP contribution >= 0.6 is 11.6 Å². The molecule has 0 aliphatic carbocycles. The first kappa shape index (κ1) is 11.8. The first-order valence-electron chi connectivity index (χ1n) is 4.41. The second-order valence-corrected chi connectivity index (χ2v) is 3.73. The molecule has 0 aliphatic rings. The van der Waals surface area contributed by atoms with Crippen LogP contribution < -0.4 is 4.90 Å². The van der Waals surface area contributed by atoms with E-state index >= 15 is 0 Å². The van der Waals surface area contributed by atoms with Gasteiger partial charge in [-0.1, -0.05) is 17.7 Å². The van der Waals surface area contributed by atoms with Gasteiger partial charge >= 0.3 is 6.09 Å². The average Bonchev–Trinajstić information content (AvgIpc) is 2.11. The summed E-state index contributed by atoms with van der Waals surface area (Å²) in [6, 6.07) is 3.92. The summed E-state index contributed by atoms with van der Waals surface area (Å²) in [5.41, 5.74) is -0.0231. The SMILES string of the molecule is CC(C)N(C(=O)O)c1cccc(Cl)c1F. The monoisotopic (exact) mass is 231 g/mol. The number of halogens is 2. The molecule has 0 heterocycles. The van der Waals surface area contributed by atoms with Crippen molar-refractivity contribution in [3.8, 4) is 0 Å². The van der Waals surface area contributed by atoms with Gasteiger partial charge in [0.05, 0.1) is 10.7 Å². The van der Waals surface area contributed by atoms with Gasteiger partial charge in [0.15, 0.2) is 5.82 Å². The lowest BCUT2D eigenvalue weighted by molar-refractivity contribution is 0.199. The highest BCUT2D eigenvalue weighted by molar-refractivity contribution is 6.31. The number of amides is 1. The number of hydrogen-bond donors (Lipinski definition) is 1. The predicted octanol–water partition coefficient (Wildman–Crippen LogP) is 3.37. The van der Waals surface area contributed by atoms with Crippen molar-refractivity contribution in [3.63, 3.8) is 0 Å². The Balaban J connectivity index is 3.23. The van der Waals surface area contributed by atoms with Gasteiger partial charge in [-0.2, -0.15) is 0 Å². The summed E-state index contributed by atoms with van der Waals surface area (Å²) < 4.78 is 13.5. The van der Waals surface area contributed by atoms with Gasteiger partial charge in [0.1, 0.15) is 0 Å². The molecule has 3 nitrogen and oxygen atoms in total. The molecule has 0 bridgehead atoms. The Kier molecular flexibility index (Phi) is 3.52. The average molecular weight is 232 g/mol. The number of nitrogens with zero attached hydrogens (tertiary/aromatic N) is 1. The lowest BCUT2D eigenvalue weighted by Gasteiger charge is -2.23. The minimum Gasteiger partial charge on any atom is -0.465 e. The number of rotatable bonds is 2. The summed E-state index contributed by atoms with van der Waals surface area (Å²) in [7, 11) is 0. The van der Waals surface area contributed by atoms with Crippen molar-refractivity contribution in [2.75, 3.05) is 4.90 Å². The van der Waals surface area contributed by atoms with E-state index < -0.39 is 11.9 Å². The molecule has 0 saturated heterocycles. The third kappa shape index (κ3) is 2.39. The largest absolute Gasteiger partial charge is 0.465 e. The molecule has 0 saturated carbocycles. The minimum absolute atomic E-state index is 0.0231. The van der Waals surface area contributed by atoms with Crippen LogP contribution in [0.25, 0.3) is 0 Å². The third-order valence-corrected chi connectivity index (χ3v) is 2.21. The molecule has 0 aliphatic heterocycles. The molecule has 0 aromatic heterocycles. The van der Waals surface area contributed by atoms with Crippen LogP contribution in [0.2, 0.25) is 5.02 Å². The van der Waals surface area contributed by atoms with E-state index in [0.717, 1.165) is 4.90 Å². The molecule has 1 amide bonds. The van der Waals surface area contributed by atoms with Gasteiger partial charge in [-0.25, -0.2) is 9.18 Å². The van der Waals surface area contributed by atoms with E-state index in [4.69, 9.17) is 16.7 Å². The third-order valence-electron chi connectivity index (χ3n) is 1.91. The van der Waals surface area contributed by atoms with Crippen LogP contribution in [0.15, 0.2) is 18.2 Å². The zero-order valence-electron chi connectivity index (χ0n) is 8.37. The van der Waals surface area contributed by atoms with Gasteiger partial charge in [-0.05, 0) is 26.0 Å². The van der Waals surface area contributed by atoms with Crippen molar-refractivity contribution in [1.82, 2.24) is 0 Å². The van der Waals surface area contributed by atoms with Crippen LogP contribution in [0.4, 0.5) is 14.9 Å². The molecular formula is C10H11ClFNO2. The maximum atomic E-state index is 13.5. The maximum absolute atomic E-state index is 13.5. The Morgan fingerprint density at radius 1 is 1.53 bits per heavy atom. The lowest BCUT2D eigenvalue weighted by Crippen LogP contribution is -2.36. The summed E-state index contributed by atoms with van der Waals surface area (Å²) >= 11 is 5.57. The van der Waals surface area contributed by atoms with Gasteiger partial charge < -0.3 is 5.11 Å². The second kappa shape index (κ2) is 4.49. The number of carbonyl (C=O) groups is 1. The van der Waals surface area contributed by atoms with Crippen LogP contribution in [0, 0.1) is 5.82 Å². The Bertz CT molecular complexity index is 382. The molecule has 1 aromatic carbocycles. The fourth-order valence-corrected chi connectivity index (χ4v) is 1.45. The molecule has 0 spiro atoms. The highest BCUT2D eigenvalue weighted by Crippen LogP contribution is 2.26. The Morgan fingerprint density at radius 2 is 2.13 bits per heavy atom. The number of benzene rings is 1. The second-order valence-electron chi connectivity index (χ2n) is 3.32. The Morgan fingerprint density at radius 3 is 2.60 bits per heavy atom. The van der Waals surface area contributed by atoms with Crippen molar-refractivity contribution in [2.45, 2.75) is 19.9 Å². The van der Waals surface area contributed by atoms with E-state index in [1.54, 1.807) is 13.8 Å². The molecule has 15 heavy (non-hydrogen) atoms. The van der Waals surface area contributed by atoms with E-state index in [9.17, 15) is 9.18 Å². The van der Waals surface area contributed by atoms with Crippen molar-refractivity contribution in [3.05, 3.63) is 29.0 Å². The number of anilines is 1. The standard InChI is InChI=1S/C10H11ClFNO2/c1-6(2)13(10(14)15)8-5-3-4-7(11)9(8)12/h3-6H,1-2H3,(H,14,15). The first-order chi connectivity index (χ1) is 6.95. The van der Waals surface area contributed by atoms with E-state index in [1.165, 1.54) is 18.2 Å². The van der Waals surface area contributed by atoms with Gasteiger partial charge in [0.25, 0.3) is 0 Å². The van der Waals surface area contributed by atoms with Crippen molar-refractivity contribution < 1.29 is 14.3 Å². The normalized spacial score (nSPS) is 10.5. The van der Waals surface area contributed by atoms with Crippen LogP contribution in [0.5, 0.6) is 0 Å². The molecule has 1 rings (SSSR count). The molecule has 5 heteroatoms. The minimum atomic E-state index is -1.20. The van der Waals surface area contributed by atoms with Gasteiger partial charge in [-0.15, -0.1) is 0 Å². The first-order valence-corrected chi connectivity index (χ1v) is 4.79. The summed E-state index contributed by atoms with van der Waals surface area (Å²) in [6.45, 7) is 3.32. The zero-order chi connectivity index (χ0) is 11.6. The Labute approximate surface area is 92.1 Å². The van der Waals surface area contributed by atoms with E-state index in [-0.39, 0.29) is 16.8 Å². The highest BCUT2D eigenvalue weighted by Gasteiger charge is 2.22. The smallest absolute Gasteiger partial charge is 0.412 e. The van der Waals surface area contributed by atoms with Crippen LogP contribution in [0.3, 0.4) is 0 Å². The lowest BCUT2D eigenvalue weighted by atomic mass is 10.2. The molecule has 1 N–H and O–H groups in total. The topological polar surface area (TPSA) is 40.5 Å². The van der Waals surface area contributed by atoms with Crippen LogP contribution in [-0.2, 0) is 0 Å². The quantitative estimate of drug-likeness (QED) is 0.848. The summed E-state index contributed by atoms with van der Waals surface area (Å²) in [5, 5.41) is 8.84. The highest BCUT2D eigenvalue weighted by atomic mass is 35.5. The molecule has 0 fully saturated rings. The number of carboxylic acid groups (broad SMARTS) is 1. The summed E-state index contributed by atoms with van der Waals surface area (Å²) in [5.74, 6) is -0.713. The van der Waals surface area contributed by atoms with E-state index in [1.807, 2.05) is 0 Å². The number of hydrogen-bond acceptors (Lipinski definition) is 1. The maximum Gasteiger partial charge on any atom is 0.412 e. The molecule has 0 atom stereocenters.